The molecule has 0 aromatic carbocycles. The van der Waals surface area contributed by atoms with Crippen LogP contribution < -0.4 is 0 Å². The van der Waals surface area contributed by atoms with Crippen LogP contribution in [-0.2, 0) is 0 Å². The van der Waals surface area contributed by atoms with Gasteiger partial charge < -0.3 is 0 Å². The average molecular weight is 239 g/mol. The van der Waals surface area contributed by atoms with Gasteiger partial charge in [-0.15, -0.1) is 22.9 Å². The third kappa shape index (κ3) is 1.14. The normalized spacial score (nSPS) is 47.9. The maximum Gasteiger partial charge on any atom is 0.0712 e. The van der Waals surface area contributed by atoms with Gasteiger partial charge in [0.15, 0.2) is 0 Å². The third-order valence-corrected chi connectivity index (χ3v) is 6.56. The van der Waals surface area contributed by atoms with Gasteiger partial charge in [0.1, 0.15) is 0 Å². The number of hydrogen-bond acceptors (Lipinski definition) is 1. The fraction of sp³-hybridized carbons (Fsp3) is 0.692. The summed E-state index contributed by atoms with van der Waals surface area (Å²) in [4.78, 5) is 1.40. The van der Waals surface area contributed by atoms with Crippen molar-refractivity contribution >= 4 is 22.9 Å². The Bertz CT molecular complexity index is 356. The minimum Gasteiger partial charge on any atom is -0.147 e. The van der Waals surface area contributed by atoms with E-state index in [0.717, 1.165) is 29.6 Å². The molecule has 0 nitrogen and oxygen atoms in total. The Morgan fingerprint density at radius 3 is 2.60 bits per heavy atom. The van der Waals surface area contributed by atoms with Crippen molar-refractivity contribution in [1.29, 1.82) is 0 Å². The lowest BCUT2D eigenvalue weighted by molar-refractivity contribution is 0.456. The van der Waals surface area contributed by atoms with Crippen LogP contribution in [0.15, 0.2) is 17.5 Å². The van der Waals surface area contributed by atoms with Gasteiger partial charge in [-0.05, 0) is 60.3 Å². The molecule has 3 aliphatic carbocycles. The van der Waals surface area contributed by atoms with Crippen LogP contribution in [0.5, 0.6) is 0 Å². The zero-order valence-electron chi connectivity index (χ0n) is 8.60. The van der Waals surface area contributed by atoms with E-state index in [1.165, 1.54) is 24.1 Å². The van der Waals surface area contributed by atoms with Crippen molar-refractivity contribution in [2.45, 2.75) is 24.6 Å². The van der Waals surface area contributed by atoms with Gasteiger partial charge in [0.2, 0.25) is 0 Å². The number of halogens is 1. The zero-order valence-corrected chi connectivity index (χ0v) is 10.2. The first kappa shape index (κ1) is 9.07. The molecule has 3 saturated carbocycles. The Balaban J connectivity index is 1.58. The van der Waals surface area contributed by atoms with Crippen LogP contribution in [0, 0.1) is 29.6 Å². The second-order valence-electron chi connectivity index (χ2n) is 5.48. The molecule has 80 valence electrons. The first-order valence-corrected chi connectivity index (χ1v) is 7.35. The molecule has 0 aliphatic heterocycles. The zero-order chi connectivity index (χ0) is 9.99. The molecule has 5 atom stereocenters. The molecule has 2 heteroatoms. The Hall–Kier alpha value is -0.0100. The SMILES string of the molecule is ClC(c1cccs1)C1C2C3CCC(C3)C21. The summed E-state index contributed by atoms with van der Waals surface area (Å²) in [6.45, 7) is 0. The van der Waals surface area contributed by atoms with Gasteiger partial charge in [0, 0.05) is 4.88 Å². The molecule has 0 amide bonds. The van der Waals surface area contributed by atoms with E-state index in [2.05, 4.69) is 17.5 Å². The predicted molar refractivity (Wildman–Crippen MR) is 64.2 cm³/mol. The van der Waals surface area contributed by atoms with Gasteiger partial charge in [0.05, 0.1) is 5.38 Å². The van der Waals surface area contributed by atoms with Crippen LogP contribution in [0.4, 0.5) is 0 Å². The fourth-order valence-electron chi connectivity index (χ4n) is 4.42. The van der Waals surface area contributed by atoms with Crippen LogP contribution in [-0.4, -0.2) is 0 Å². The molecule has 3 fully saturated rings. The van der Waals surface area contributed by atoms with E-state index in [1.807, 2.05) is 11.3 Å². The van der Waals surface area contributed by atoms with Gasteiger partial charge in [-0.25, -0.2) is 0 Å². The minimum absolute atomic E-state index is 0.323. The molecule has 2 bridgehead atoms. The molecule has 0 spiro atoms. The number of rotatable bonds is 2. The Labute approximate surface area is 99.6 Å². The Morgan fingerprint density at radius 2 is 2.00 bits per heavy atom. The van der Waals surface area contributed by atoms with E-state index in [0.29, 0.717) is 5.38 Å². The highest BCUT2D eigenvalue weighted by Gasteiger charge is 2.66. The highest BCUT2D eigenvalue weighted by atomic mass is 35.5. The van der Waals surface area contributed by atoms with E-state index in [-0.39, 0.29) is 0 Å². The van der Waals surface area contributed by atoms with E-state index in [9.17, 15) is 0 Å². The second kappa shape index (κ2) is 3.01. The third-order valence-electron chi connectivity index (χ3n) is 4.95. The molecular weight excluding hydrogens is 224 g/mol. The summed E-state index contributed by atoms with van der Waals surface area (Å²) in [5, 5.41) is 2.47. The van der Waals surface area contributed by atoms with Gasteiger partial charge in [-0.1, -0.05) is 6.07 Å². The number of fused-ring (bicyclic) bond motifs is 5. The smallest absolute Gasteiger partial charge is 0.0712 e. The Kier molecular flexibility index (Phi) is 1.82. The molecule has 0 saturated heterocycles. The fourth-order valence-corrected chi connectivity index (χ4v) is 5.74. The van der Waals surface area contributed by atoms with E-state index >= 15 is 0 Å². The maximum absolute atomic E-state index is 6.62. The van der Waals surface area contributed by atoms with E-state index in [1.54, 1.807) is 0 Å². The van der Waals surface area contributed by atoms with Crippen LogP contribution in [0.25, 0.3) is 0 Å². The summed E-state index contributed by atoms with van der Waals surface area (Å²) in [6, 6.07) is 4.33. The largest absolute Gasteiger partial charge is 0.147 e. The lowest BCUT2D eigenvalue weighted by Crippen LogP contribution is -2.02. The molecule has 4 rings (SSSR count). The molecule has 15 heavy (non-hydrogen) atoms. The molecule has 1 heterocycles. The first-order valence-electron chi connectivity index (χ1n) is 6.04. The van der Waals surface area contributed by atoms with Crippen molar-refractivity contribution in [3.05, 3.63) is 22.4 Å². The van der Waals surface area contributed by atoms with Crippen LogP contribution in [0.3, 0.4) is 0 Å². The second-order valence-corrected chi connectivity index (χ2v) is 6.93. The standard InChI is InChI=1S/C13H15ClS/c14-13(9-2-1-5-15-9)12-10-7-3-4-8(6-7)11(10)12/h1-2,5,7-8,10-13H,3-4,6H2. The van der Waals surface area contributed by atoms with Gasteiger partial charge in [-0.2, -0.15) is 0 Å². The summed E-state index contributed by atoms with van der Waals surface area (Å²) in [5.74, 6) is 4.94. The lowest BCUT2D eigenvalue weighted by atomic mass is 10.00. The molecule has 1 aromatic heterocycles. The molecule has 5 unspecified atom stereocenters. The van der Waals surface area contributed by atoms with E-state index in [4.69, 9.17) is 11.6 Å². The minimum atomic E-state index is 0.323. The monoisotopic (exact) mass is 238 g/mol. The molecule has 0 radical (unpaired) electrons. The van der Waals surface area contributed by atoms with Crippen molar-refractivity contribution in [1.82, 2.24) is 0 Å². The summed E-state index contributed by atoms with van der Waals surface area (Å²) >= 11 is 8.44. The summed E-state index contributed by atoms with van der Waals surface area (Å²) < 4.78 is 0. The Morgan fingerprint density at radius 1 is 1.27 bits per heavy atom. The van der Waals surface area contributed by atoms with Gasteiger partial charge >= 0.3 is 0 Å². The van der Waals surface area contributed by atoms with Gasteiger partial charge in [-0.3, -0.25) is 0 Å². The molecule has 0 N–H and O–H groups in total. The summed E-state index contributed by atoms with van der Waals surface area (Å²) in [6.07, 6.45) is 4.52. The topological polar surface area (TPSA) is 0 Å². The lowest BCUT2D eigenvalue weighted by Gasteiger charge is -2.12. The van der Waals surface area contributed by atoms with Crippen LogP contribution in [0.2, 0.25) is 0 Å². The average Bonchev–Trinajstić information content (AvgIpc) is 2.70. The quantitative estimate of drug-likeness (QED) is 0.674. The highest BCUT2D eigenvalue weighted by molar-refractivity contribution is 7.10. The first-order chi connectivity index (χ1) is 7.36. The summed E-state index contributed by atoms with van der Waals surface area (Å²) in [7, 11) is 0. The summed E-state index contributed by atoms with van der Waals surface area (Å²) in [5.41, 5.74) is 0. The van der Waals surface area contributed by atoms with Crippen LogP contribution >= 0.6 is 22.9 Å². The van der Waals surface area contributed by atoms with Crippen molar-refractivity contribution < 1.29 is 0 Å². The van der Waals surface area contributed by atoms with Crippen molar-refractivity contribution in [3.63, 3.8) is 0 Å². The van der Waals surface area contributed by atoms with Crippen LogP contribution in [0.1, 0.15) is 29.5 Å². The molecular formula is C13H15ClS. The predicted octanol–water partition coefficient (Wildman–Crippen LogP) is 4.32. The molecule has 3 aliphatic rings. The molecule has 1 aromatic rings. The number of hydrogen-bond donors (Lipinski definition) is 0. The van der Waals surface area contributed by atoms with Crippen molar-refractivity contribution in [3.8, 4) is 0 Å². The van der Waals surface area contributed by atoms with E-state index < -0.39 is 0 Å². The van der Waals surface area contributed by atoms with Crippen molar-refractivity contribution in [2.75, 3.05) is 0 Å². The van der Waals surface area contributed by atoms with Gasteiger partial charge in [0.25, 0.3) is 0 Å². The number of alkyl halides is 1. The number of thiophene rings is 1. The highest BCUT2D eigenvalue weighted by Crippen LogP contribution is 2.73. The van der Waals surface area contributed by atoms with Crippen molar-refractivity contribution in [2.24, 2.45) is 29.6 Å². The maximum atomic E-state index is 6.62.